The molecule has 4 nitrogen and oxygen atoms in total. The number of primary amides is 1. The van der Waals surface area contributed by atoms with Crippen LogP contribution in [0.2, 0.25) is 0 Å². The predicted octanol–water partition coefficient (Wildman–Crippen LogP) is 1.60. The monoisotopic (exact) mass is 257 g/mol. The van der Waals surface area contributed by atoms with Crippen molar-refractivity contribution in [3.8, 4) is 0 Å². The van der Waals surface area contributed by atoms with Crippen LogP contribution < -0.4 is 11.1 Å². The van der Waals surface area contributed by atoms with Gasteiger partial charge in [0, 0.05) is 19.1 Å². The van der Waals surface area contributed by atoms with Crippen molar-refractivity contribution in [2.24, 2.45) is 11.7 Å². The molecule has 0 saturated carbocycles. The Morgan fingerprint density at radius 3 is 2.22 bits per heavy atom. The fourth-order valence-corrected chi connectivity index (χ4v) is 2.15. The quantitative estimate of drug-likeness (QED) is 0.659. The molecule has 0 aliphatic rings. The first-order chi connectivity index (χ1) is 8.25. The SMILES string of the molecule is CCC(C)CN(CC)CC(C)(NC(C)C)C(N)=O. The number of hydrogen-bond donors (Lipinski definition) is 2. The Hall–Kier alpha value is -0.610. The van der Waals surface area contributed by atoms with Crippen molar-refractivity contribution in [1.82, 2.24) is 10.2 Å². The Balaban J connectivity index is 4.68. The van der Waals surface area contributed by atoms with Crippen LogP contribution in [-0.4, -0.2) is 42.0 Å². The summed E-state index contributed by atoms with van der Waals surface area (Å²) in [4.78, 5) is 14.0. The van der Waals surface area contributed by atoms with Gasteiger partial charge in [0.2, 0.25) is 5.91 Å². The van der Waals surface area contributed by atoms with Crippen LogP contribution in [0.1, 0.15) is 48.0 Å². The number of nitrogens with one attached hydrogen (secondary N) is 1. The summed E-state index contributed by atoms with van der Waals surface area (Å²) in [5.74, 6) is 0.361. The molecule has 0 heterocycles. The molecule has 0 spiro atoms. The number of amides is 1. The number of rotatable bonds is 9. The summed E-state index contributed by atoms with van der Waals surface area (Å²) >= 11 is 0. The van der Waals surface area contributed by atoms with Gasteiger partial charge in [-0.1, -0.05) is 27.2 Å². The Bertz CT molecular complexity index is 255. The van der Waals surface area contributed by atoms with Gasteiger partial charge in [-0.2, -0.15) is 0 Å². The zero-order valence-electron chi connectivity index (χ0n) is 12.9. The topological polar surface area (TPSA) is 58.4 Å². The molecule has 0 aromatic rings. The first kappa shape index (κ1) is 17.4. The molecular weight excluding hydrogens is 226 g/mol. The summed E-state index contributed by atoms with van der Waals surface area (Å²) in [6.45, 7) is 15.1. The molecule has 0 aromatic heterocycles. The van der Waals surface area contributed by atoms with E-state index in [0.717, 1.165) is 19.5 Å². The average Bonchev–Trinajstić information content (AvgIpc) is 2.26. The number of nitrogens with zero attached hydrogens (tertiary/aromatic N) is 1. The fourth-order valence-electron chi connectivity index (χ4n) is 2.15. The van der Waals surface area contributed by atoms with Gasteiger partial charge in [0.1, 0.15) is 5.54 Å². The molecule has 3 N–H and O–H groups in total. The van der Waals surface area contributed by atoms with E-state index in [0.29, 0.717) is 12.5 Å². The van der Waals surface area contributed by atoms with E-state index in [9.17, 15) is 4.79 Å². The van der Waals surface area contributed by atoms with Gasteiger partial charge in [0.15, 0.2) is 0 Å². The molecule has 1 amide bonds. The maximum Gasteiger partial charge on any atom is 0.238 e. The van der Waals surface area contributed by atoms with Crippen LogP contribution >= 0.6 is 0 Å². The highest BCUT2D eigenvalue weighted by Gasteiger charge is 2.33. The van der Waals surface area contributed by atoms with E-state index in [-0.39, 0.29) is 11.9 Å². The Morgan fingerprint density at radius 1 is 1.33 bits per heavy atom. The molecule has 18 heavy (non-hydrogen) atoms. The van der Waals surface area contributed by atoms with Crippen LogP contribution in [0.3, 0.4) is 0 Å². The zero-order valence-corrected chi connectivity index (χ0v) is 12.9. The summed E-state index contributed by atoms with van der Waals surface area (Å²) in [6.07, 6.45) is 1.15. The third-order valence-corrected chi connectivity index (χ3v) is 3.40. The van der Waals surface area contributed by atoms with Gasteiger partial charge in [-0.15, -0.1) is 0 Å². The first-order valence-corrected chi connectivity index (χ1v) is 7.05. The standard InChI is InChI=1S/C14H31N3O/c1-7-12(5)9-17(8-2)10-14(6,13(15)18)16-11(3)4/h11-12,16H,7-10H2,1-6H3,(H2,15,18). The average molecular weight is 257 g/mol. The highest BCUT2D eigenvalue weighted by Crippen LogP contribution is 2.11. The molecule has 0 aliphatic carbocycles. The summed E-state index contributed by atoms with van der Waals surface area (Å²) in [5, 5.41) is 3.30. The normalized spacial score (nSPS) is 16.9. The van der Waals surface area contributed by atoms with E-state index in [2.05, 4.69) is 31.0 Å². The lowest BCUT2D eigenvalue weighted by Crippen LogP contribution is -2.61. The van der Waals surface area contributed by atoms with Crippen molar-refractivity contribution in [2.75, 3.05) is 19.6 Å². The lowest BCUT2D eigenvalue weighted by Gasteiger charge is -2.36. The number of carbonyl (C=O) groups is 1. The third kappa shape index (κ3) is 5.83. The highest BCUT2D eigenvalue weighted by molar-refractivity contribution is 5.84. The molecular formula is C14H31N3O. The van der Waals surface area contributed by atoms with E-state index >= 15 is 0 Å². The summed E-state index contributed by atoms with van der Waals surface area (Å²) in [5.41, 5.74) is 4.90. The second-order valence-electron chi connectivity index (χ2n) is 5.84. The maximum atomic E-state index is 11.7. The van der Waals surface area contributed by atoms with Crippen LogP contribution in [-0.2, 0) is 4.79 Å². The molecule has 0 aromatic carbocycles. The maximum absolute atomic E-state index is 11.7. The summed E-state index contributed by atoms with van der Waals surface area (Å²) in [7, 11) is 0. The van der Waals surface area contributed by atoms with Gasteiger partial charge in [-0.05, 0) is 33.2 Å². The highest BCUT2D eigenvalue weighted by atomic mass is 16.1. The molecule has 0 bridgehead atoms. The third-order valence-electron chi connectivity index (χ3n) is 3.40. The molecule has 0 rings (SSSR count). The Morgan fingerprint density at radius 2 is 1.89 bits per heavy atom. The van der Waals surface area contributed by atoms with Crippen LogP contribution in [0, 0.1) is 5.92 Å². The number of hydrogen-bond acceptors (Lipinski definition) is 3. The van der Waals surface area contributed by atoms with Crippen molar-refractivity contribution in [3.63, 3.8) is 0 Å². The number of likely N-dealkylation sites (N-methyl/N-ethyl adjacent to an activating group) is 1. The second-order valence-corrected chi connectivity index (χ2v) is 5.84. The van der Waals surface area contributed by atoms with Crippen LogP contribution in [0.5, 0.6) is 0 Å². The van der Waals surface area contributed by atoms with Crippen LogP contribution in [0.4, 0.5) is 0 Å². The summed E-state index contributed by atoms with van der Waals surface area (Å²) in [6, 6.07) is 0.241. The molecule has 2 unspecified atom stereocenters. The van der Waals surface area contributed by atoms with E-state index in [4.69, 9.17) is 5.73 Å². The van der Waals surface area contributed by atoms with Gasteiger partial charge in [-0.25, -0.2) is 0 Å². The molecule has 4 heteroatoms. The second kappa shape index (κ2) is 7.74. The van der Waals surface area contributed by atoms with Crippen molar-refractivity contribution < 1.29 is 4.79 Å². The minimum absolute atomic E-state index is 0.241. The molecule has 108 valence electrons. The van der Waals surface area contributed by atoms with Crippen molar-refractivity contribution >= 4 is 5.91 Å². The molecule has 2 atom stereocenters. The van der Waals surface area contributed by atoms with Gasteiger partial charge in [-0.3, -0.25) is 4.79 Å². The van der Waals surface area contributed by atoms with Crippen molar-refractivity contribution in [1.29, 1.82) is 0 Å². The zero-order chi connectivity index (χ0) is 14.3. The lowest BCUT2D eigenvalue weighted by molar-refractivity contribution is -0.125. The smallest absolute Gasteiger partial charge is 0.238 e. The predicted molar refractivity (Wildman–Crippen MR) is 77.4 cm³/mol. The van der Waals surface area contributed by atoms with E-state index in [1.807, 2.05) is 20.8 Å². The lowest BCUT2D eigenvalue weighted by atomic mass is 9.98. The molecule has 0 saturated heterocycles. The molecule has 0 fully saturated rings. The Labute approximate surface area is 112 Å². The minimum Gasteiger partial charge on any atom is -0.368 e. The largest absolute Gasteiger partial charge is 0.368 e. The van der Waals surface area contributed by atoms with Gasteiger partial charge in [0.25, 0.3) is 0 Å². The van der Waals surface area contributed by atoms with E-state index in [1.54, 1.807) is 0 Å². The van der Waals surface area contributed by atoms with Crippen LogP contribution in [0.25, 0.3) is 0 Å². The number of carbonyl (C=O) groups excluding carboxylic acids is 1. The van der Waals surface area contributed by atoms with E-state index < -0.39 is 5.54 Å². The van der Waals surface area contributed by atoms with Gasteiger partial charge in [0.05, 0.1) is 0 Å². The van der Waals surface area contributed by atoms with Gasteiger partial charge >= 0.3 is 0 Å². The van der Waals surface area contributed by atoms with Crippen molar-refractivity contribution in [2.45, 2.75) is 59.5 Å². The minimum atomic E-state index is -0.655. The molecule has 0 radical (unpaired) electrons. The Kier molecular flexibility index (Phi) is 7.48. The number of nitrogens with two attached hydrogens (primary N) is 1. The first-order valence-electron chi connectivity index (χ1n) is 7.05. The fraction of sp³-hybridized carbons (Fsp3) is 0.929. The van der Waals surface area contributed by atoms with E-state index in [1.165, 1.54) is 0 Å². The van der Waals surface area contributed by atoms with Gasteiger partial charge < -0.3 is 16.0 Å². The van der Waals surface area contributed by atoms with Crippen molar-refractivity contribution in [3.05, 3.63) is 0 Å². The summed E-state index contributed by atoms with van der Waals surface area (Å²) < 4.78 is 0. The van der Waals surface area contributed by atoms with Crippen LogP contribution in [0.15, 0.2) is 0 Å². The molecule has 0 aliphatic heterocycles.